The molecule has 1 heteroatoms. The predicted molar refractivity (Wildman–Crippen MR) is 72.2 cm³/mol. The van der Waals surface area contributed by atoms with E-state index in [1.165, 1.54) is 17.5 Å². The highest BCUT2D eigenvalue weighted by Gasteiger charge is 2.17. The average Bonchev–Trinajstić information content (AvgIpc) is 2.18. The lowest BCUT2D eigenvalue weighted by molar-refractivity contribution is 0.506. The van der Waals surface area contributed by atoms with Crippen molar-refractivity contribution in [3.63, 3.8) is 0 Å². The minimum absolute atomic E-state index is 0.313. The SMILES string of the molecule is CCC(C)(C)c1ccc(C(C)I)cc1. The highest BCUT2D eigenvalue weighted by Crippen LogP contribution is 2.29. The molecule has 78 valence electrons. The first-order valence-electron chi connectivity index (χ1n) is 5.22. The molecule has 0 nitrogen and oxygen atoms in total. The van der Waals surface area contributed by atoms with Crippen LogP contribution in [0, 0.1) is 0 Å². The summed E-state index contributed by atoms with van der Waals surface area (Å²) in [5.74, 6) is 0. The Morgan fingerprint density at radius 3 is 2.07 bits per heavy atom. The maximum atomic E-state index is 2.45. The van der Waals surface area contributed by atoms with E-state index in [1.807, 2.05) is 0 Å². The minimum Gasteiger partial charge on any atom is -0.0777 e. The molecule has 0 amide bonds. The fourth-order valence-electron chi connectivity index (χ4n) is 1.40. The van der Waals surface area contributed by atoms with Crippen molar-refractivity contribution in [1.82, 2.24) is 0 Å². The van der Waals surface area contributed by atoms with E-state index in [4.69, 9.17) is 0 Å². The van der Waals surface area contributed by atoms with Crippen LogP contribution in [0.25, 0.3) is 0 Å². The molecule has 0 radical (unpaired) electrons. The summed E-state index contributed by atoms with van der Waals surface area (Å²) in [6.45, 7) is 9.07. The topological polar surface area (TPSA) is 0 Å². The molecule has 1 aromatic carbocycles. The first kappa shape index (κ1) is 12.0. The summed E-state index contributed by atoms with van der Waals surface area (Å²) in [6, 6.07) is 9.05. The van der Waals surface area contributed by atoms with Gasteiger partial charge in [0.1, 0.15) is 0 Å². The molecule has 0 bridgehead atoms. The van der Waals surface area contributed by atoms with Crippen molar-refractivity contribution in [2.75, 3.05) is 0 Å². The molecular weight excluding hydrogens is 283 g/mol. The zero-order valence-corrected chi connectivity index (χ0v) is 11.6. The van der Waals surface area contributed by atoms with Gasteiger partial charge < -0.3 is 0 Å². The molecule has 0 aliphatic rings. The molecular formula is C13H19I. The fourth-order valence-corrected chi connectivity index (χ4v) is 1.82. The molecule has 1 unspecified atom stereocenters. The van der Waals surface area contributed by atoms with Crippen molar-refractivity contribution in [1.29, 1.82) is 0 Å². The van der Waals surface area contributed by atoms with Gasteiger partial charge in [-0.05, 0) is 29.9 Å². The second-order valence-electron chi connectivity index (χ2n) is 4.48. The lowest BCUT2D eigenvalue weighted by Crippen LogP contribution is -2.15. The Kier molecular flexibility index (Phi) is 3.99. The van der Waals surface area contributed by atoms with Crippen LogP contribution in [0.5, 0.6) is 0 Å². The van der Waals surface area contributed by atoms with Gasteiger partial charge in [-0.1, -0.05) is 67.6 Å². The molecule has 0 N–H and O–H groups in total. The lowest BCUT2D eigenvalue weighted by atomic mass is 9.82. The lowest BCUT2D eigenvalue weighted by Gasteiger charge is -2.23. The van der Waals surface area contributed by atoms with Crippen LogP contribution in [-0.4, -0.2) is 0 Å². The van der Waals surface area contributed by atoms with E-state index >= 15 is 0 Å². The third-order valence-electron chi connectivity index (χ3n) is 3.04. The Balaban J connectivity index is 2.94. The predicted octanol–water partition coefficient (Wildman–Crippen LogP) is 4.87. The number of halogens is 1. The molecule has 1 atom stereocenters. The standard InChI is InChI=1S/C13H19I/c1-5-13(3,4)12-8-6-11(7-9-12)10(2)14/h6-10H,5H2,1-4H3. The molecule has 0 spiro atoms. The summed E-state index contributed by atoms with van der Waals surface area (Å²) >= 11 is 2.45. The Bertz CT molecular complexity index is 283. The third-order valence-corrected chi connectivity index (χ3v) is 3.75. The van der Waals surface area contributed by atoms with E-state index in [0.717, 1.165) is 0 Å². The quantitative estimate of drug-likeness (QED) is 0.552. The maximum absolute atomic E-state index is 2.45. The molecule has 0 aliphatic carbocycles. The van der Waals surface area contributed by atoms with Crippen molar-refractivity contribution in [2.24, 2.45) is 0 Å². The molecule has 0 aromatic heterocycles. The number of benzene rings is 1. The Morgan fingerprint density at radius 1 is 1.21 bits per heavy atom. The van der Waals surface area contributed by atoms with E-state index in [-0.39, 0.29) is 0 Å². The van der Waals surface area contributed by atoms with E-state index in [2.05, 4.69) is 74.6 Å². The molecule has 0 saturated carbocycles. The van der Waals surface area contributed by atoms with Crippen LogP contribution < -0.4 is 0 Å². The van der Waals surface area contributed by atoms with Crippen LogP contribution in [0.2, 0.25) is 0 Å². The van der Waals surface area contributed by atoms with Crippen LogP contribution in [0.4, 0.5) is 0 Å². The number of hydrogen-bond donors (Lipinski definition) is 0. The molecule has 14 heavy (non-hydrogen) atoms. The Hall–Kier alpha value is -0.0500. The maximum Gasteiger partial charge on any atom is 0.0331 e. The van der Waals surface area contributed by atoms with E-state index in [1.54, 1.807) is 0 Å². The van der Waals surface area contributed by atoms with Gasteiger partial charge in [-0.25, -0.2) is 0 Å². The normalized spacial score (nSPS) is 14.1. The van der Waals surface area contributed by atoms with Crippen LogP contribution in [0.1, 0.15) is 49.2 Å². The van der Waals surface area contributed by atoms with E-state index in [0.29, 0.717) is 9.34 Å². The van der Waals surface area contributed by atoms with Crippen molar-refractivity contribution < 1.29 is 0 Å². The third kappa shape index (κ3) is 2.72. The zero-order chi connectivity index (χ0) is 10.8. The van der Waals surface area contributed by atoms with Gasteiger partial charge in [-0.2, -0.15) is 0 Å². The first-order chi connectivity index (χ1) is 6.47. The number of hydrogen-bond acceptors (Lipinski definition) is 0. The summed E-state index contributed by atoms with van der Waals surface area (Å²) in [5, 5.41) is 0. The summed E-state index contributed by atoms with van der Waals surface area (Å²) in [6.07, 6.45) is 1.19. The largest absolute Gasteiger partial charge is 0.0777 e. The zero-order valence-electron chi connectivity index (χ0n) is 9.47. The second kappa shape index (κ2) is 4.65. The van der Waals surface area contributed by atoms with Gasteiger partial charge in [0, 0.05) is 3.92 Å². The molecule has 0 fully saturated rings. The number of alkyl halides is 1. The van der Waals surface area contributed by atoms with Gasteiger partial charge in [-0.15, -0.1) is 0 Å². The van der Waals surface area contributed by atoms with Crippen LogP contribution in [-0.2, 0) is 5.41 Å². The fraction of sp³-hybridized carbons (Fsp3) is 0.538. The molecule has 1 aromatic rings. The Morgan fingerprint density at radius 2 is 1.71 bits per heavy atom. The molecule has 0 heterocycles. The summed E-state index contributed by atoms with van der Waals surface area (Å²) in [7, 11) is 0. The van der Waals surface area contributed by atoms with Crippen molar-refractivity contribution in [3.05, 3.63) is 35.4 Å². The van der Waals surface area contributed by atoms with Gasteiger partial charge in [0.05, 0.1) is 0 Å². The van der Waals surface area contributed by atoms with E-state index in [9.17, 15) is 0 Å². The van der Waals surface area contributed by atoms with E-state index < -0.39 is 0 Å². The average molecular weight is 302 g/mol. The summed E-state index contributed by atoms with van der Waals surface area (Å²) < 4.78 is 0.603. The molecule has 0 aliphatic heterocycles. The first-order valence-corrected chi connectivity index (χ1v) is 6.46. The second-order valence-corrected chi connectivity index (χ2v) is 6.34. The minimum atomic E-state index is 0.313. The number of rotatable bonds is 3. The molecule has 0 saturated heterocycles. The van der Waals surface area contributed by atoms with Crippen molar-refractivity contribution in [2.45, 2.75) is 43.5 Å². The Labute approximate surface area is 101 Å². The monoisotopic (exact) mass is 302 g/mol. The summed E-state index contributed by atoms with van der Waals surface area (Å²) in [4.78, 5) is 0. The highest BCUT2D eigenvalue weighted by atomic mass is 127. The molecule has 1 rings (SSSR count). The summed E-state index contributed by atoms with van der Waals surface area (Å²) in [5.41, 5.74) is 3.18. The smallest absolute Gasteiger partial charge is 0.0331 e. The van der Waals surface area contributed by atoms with Crippen LogP contribution in [0.15, 0.2) is 24.3 Å². The van der Waals surface area contributed by atoms with Gasteiger partial charge in [-0.3, -0.25) is 0 Å². The van der Waals surface area contributed by atoms with Gasteiger partial charge in [0.15, 0.2) is 0 Å². The van der Waals surface area contributed by atoms with Crippen LogP contribution in [0.3, 0.4) is 0 Å². The van der Waals surface area contributed by atoms with Crippen molar-refractivity contribution in [3.8, 4) is 0 Å². The highest BCUT2D eigenvalue weighted by molar-refractivity contribution is 14.1. The van der Waals surface area contributed by atoms with Crippen LogP contribution >= 0.6 is 22.6 Å². The van der Waals surface area contributed by atoms with Gasteiger partial charge in [0.25, 0.3) is 0 Å². The van der Waals surface area contributed by atoms with Gasteiger partial charge in [0.2, 0.25) is 0 Å². The van der Waals surface area contributed by atoms with Gasteiger partial charge >= 0.3 is 0 Å². The van der Waals surface area contributed by atoms with Crippen molar-refractivity contribution >= 4 is 22.6 Å².